The molecule has 1 saturated heterocycles. The minimum atomic E-state index is 0.353. The van der Waals surface area contributed by atoms with Crippen LogP contribution in [0.5, 0.6) is 5.75 Å². The number of ether oxygens (including phenoxy) is 1. The van der Waals surface area contributed by atoms with Crippen LogP contribution in [0.3, 0.4) is 0 Å². The number of aryl methyl sites for hydroxylation is 1. The van der Waals surface area contributed by atoms with Crippen molar-refractivity contribution < 1.29 is 4.74 Å². The normalized spacial score (nSPS) is 27.1. The fourth-order valence-corrected chi connectivity index (χ4v) is 3.81. The van der Waals surface area contributed by atoms with E-state index in [4.69, 9.17) is 4.74 Å². The van der Waals surface area contributed by atoms with Gasteiger partial charge in [0.05, 0.1) is 0 Å². The fraction of sp³-hybridized carbons (Fsp3) is 0.625. The first-order chi connectivity index (χ1) is 9.24. The molecule has 1 fully saturated rings. The van der Waals surface area contributed by atoms with Gasteiger partial charge in [-0.3, -0.25) is 4.90 Å². The van der Waals surface area contributed by atoms with Crippen LogP contribution in [0.1, 0.15) is 24.0 Å². The quantitative estimate of drug-likeness (QED) is 0.790. The summed E-state index contributed by atoms with van der Waals surface area (Å²) >= 11 is 3.62. The summed E-state index contributed by atoms with van der Waals surface area (Å²) in [6.07, 6.45) is 4.12. The van der Waals surface area contributed by atoms with E-state index in [2.05, 4.69) is 46.0 Å². The van der Waals surface area contributed by atoms with Crippen molar-refractivity contribution in [3.05, 3.63) is 29.3 Å². The summed E-state index contributed by atoms with van der Waals surface area (Å²) in [5.74, 6) is 1.92. The smallest absolute Gasteiger partial charge is 0.123 e. The van der Waals surface area contributed by atoms with Gasteiger partial charge in [0, 0.05) is 24.8 Å². The predicted octanol–water partition coefficient (Wildman–Crippen LogP) is 3.41. The molecule has 0 bridgehead atoms. The van der Waals surface area contributed by atoms with Crippen molar-refractivity contribution in [3.63, 3.8) is 0 Å². The zero-order valence-electron chi connectivity index (χ0n) is 11.6. The molecule has 104 valence electrons. The summed E-state index contributed by atoms with van der Waals surface area (Å²) in [6.45, 7) is 5.69. The van der Waals surface area contributed by atoms with Gasteiger partial charge in [-0.15, -0.1) is 0 Å². The summed E-state index contributed by atoms with van der Waals surface area (Å²) in [5.41, 5.74) is 2.72. The van der Waals surface area contributed by atoms with Crippen molar-refractivity contribution in [1.82, 2.24) is 4.90 Å². The minimum absolute atomic E-state index is 0.353. The van der Waals surface area contributed by atoms with Gasteiger partial charge in [0.15, 0.2) is 0 Å². The Morgan fingerprint density at radius 1 is 1.42 bits per heavy atom. The molecule has 0 spiro atoms. The highest BCUT2D eigenvalue weighted by molar-refractivity contribution is 9.09. The Morgan fingerprint density at radius 3 is 3.16 bits per heavy atom. The summed E-state index contributed by atoms with van der Waals surface area (Å²) in [4.78, 5) is 2.58. The van der Waals surface area contributed by atoms with Gasteiger partial charge < -0.3 is 4.74 Å². The van der Waals surface area contributed by atoms with Crippen molar-refractivity contribution in [2.24, 2.45) is 5.92 Å². The largest absolute Gasteiger partial charge is 0.488 e. The predicted molar refractivity (Wildman–Crippen MR) is 82.3 cm³/mol. The molecule has 3 heteroatoms. The molecule has 0 aliphatic carbocycles. The number of nitrogens with zero attached hydrogens (tertiary/aromatic N) is 1. The number of benzene rings is 1. The van der Waals surface area contributed by atoms with Gasteiger partial charge in [0.2, 0.25) is 0 Å². The summed E-state index contributed by atoms with van der Waals surface area (Å²) in [6, 6.07) is 6.54. The second-order valence-electron chi connectivity index (χ2n) is 5.98. The number of rotatable bonds is 3. The Bertz CT molecular complexity index is 448. The summed E-state index contributed by atoms with van der Waals surface area (Å²) in [7, 11) is 0. The van der Waals surface area contributed by atoms with Gasteiger partial charge in [-0.25, -0.2) is 0 Å². The third-order valence-corrected chi connectivity index (χ3v) is 5.16. The Hall–Kier alpha value is -0.540. The zero-order chi connectivity index (χ0) is 13.2. The SMILES string of the molecule is Cc1ccc2c(c1)CC(CN1CCCC(CBr)C1)O2. The molecule has 19 heavy (non-hydrogen) atoms. The molecule has 2 atom stereocenters. The number of hydrogen-bond donors (Lipinski definition) is 0. The van der Waals surface area contributed by atoms with E-state index in [1.165, 1.54) is 37.1 Å². The molecule has 1 aromatic carbocycles. The molecular weight excluding hydrogens is 302 g/mol. The number of alkyl halides is 1. The molecule has 0 saturated carbocycles. The van der Waals surface area contributed by atoms with E-state index in [0.717, 1.165) is 30.0 Å². The summed E-state index contributed by atoms with van der Waals surface area (Å²) < 4.78 is 6.08. The minimum Gasteiger partial charge on any atom is -0.488 e. The van der Waals surface area contributed by atoms with Gasteiger partial charge >= 0.3 is 0 Å². The first-order valence-corrected chi connectivity index (χ1v) is 8.41. The van der Waals surface area contributed by atoms with E-state index in [0.29, 0.717) is 6.10 Å². The first-order valence-electron chi connectivity index (χ1n) is 7.29. The maximum Gasteiger partial charge on any atom is 0.123 e. The molecule has 2 nitrogen and oxygen atoms in total. The van der Waals surface area contributed by atoms with E-state index >= 15 is 0 Å². The molecule has 0 N–H and O–H groups in total. The monoisotopic (exact) mass is 323 g/mol. The van der Waals surface area contributed by atoms with Crippen molar-refractivity contribution in [3.8, 4) is 5.75 Å². The number of hydrogen-bond acceptors (Lipinski definition) is 2. The van der Waals surface area contributed by atoms with Crippen molar-refractivity contribution in [2.75, 3.05) is 25.0 Å². The molecule has 1 aromatic rings. The van der Waals surface area contributed by atoms with Crippen LogP contribution in [-0.2, 0) is 6.42 Å². The number of fused-ring (bicyclic) bond motifs is 1. The van der Waals surface area contributed by atoms with Gasteiger partial charge in [-0.1, -0.05) is 33.6 Å². The molecule has 0 amide bonds. The number of piperidine rings is 1. The lowest BCUT2D eigenvalue weighted by Gasteiger charge is -2.33. The van der Waals surface area contributed by atoms with Gasteiger partial charge in [-0.05, 0) is 43.9 Å². The maximum absolute atomic E-state index is 6.08. The fourth-order valence-electron chi connectivity index (χ4n) is 3.28. The Kier molecular flexibility index (Phi) is 4.13. The van der Waals surface area contributed by atoms with Crippen molar-refractivity contribution in [2.45, 2.75) is 32.3 Å². The van der Waals surface area contributed by atoms with Crippen LogP contribution < -0.4 is 4.74 Å². The van der Waals surface area contributed by atoms with Gasteiger partial charge in [-0.2, -0.15) is 0 Å². The van der Waals surface area contributed by atoms with Gasteiger partial charge in [0.1, 0.15) is 11.9 Å². The third kappa shape index (κ3) is 3.14. The van der Waals surface area contributed by atoms with Crippen LogP contribution in [0.25, 0.3) is 0 Å². The first kappa shape index (κ1) is 13.4. The average Bonchev–Trinajstić information content (AvgIpc) is 2.80. The Balaban J connectivity index is 1.58. The topological polar surface area (TPSA) is 12.5 Å². The Labute approximate surface area is 124 Å². The number of halogens is 1. The molecule has 2 unspecified atom stereocenters. The van der Waals surface area contributed by atoms with Crippen molar-refractivity contribution in [1.29, 1.82) is 0 Å². The summed E-state index contributed by atoms with van der Waals surface area (Å²) in [5, 5.41) is 1.13. The highest BCUT2D eigenvalue weighted by Gasteiger charge is 2.27. The van der Waals surface area contributed by atoms with E-state index < -0.39 is 0 Å². The van der Waals surface area contributed by atoms with Crippen LogP contribution >= 0.6 is 15.9 Å². The lowest BCUT2D eigenvalue weighted by atomic mass is 9.99. The second kappa shape index (κ2) is 5.84. The highest BCUT2D eigenvalue weighted by atomic mass is 79.9. The van der Waals surface area contributed by atoms with E-state index in [-0.39, 0.29) is 0 Å². The van der Waals surface area contributed by atoms with E-state index in [1.54, 1.807) is 0 Å². The van der Waals surface area contributed by atoms with E-state index in [1.807, 2.05) is 0 Å². The van der Waals surface area contributed by atoms with E-state index in [9.17, 15) is 0 Å². The highest BCUT2D eigenvalue weighted by Crippen LogP contribution is 2.30. The lowest BCUT2D eigenvalue weighted by molar-refractivity contribution is 0.116. The average molecular weight is 324 g/mol. The number of likely N-dealkylation sites (tertiary alicyclic amines) is 1. The standard InChI is InChI=1S/C16H22BrNO/c1-12-4-5-16-14(7-12)8-15(19-16)11-18-6-2-3-13(9-17)10-18/h4-5,7,13,15H,2-3,6,8-11H2,1H3. The molecule has 0 radical (unpaired) electrons. The molecule has 2 aliphatic heterocycles. The Morgan fingerprint density at radius 2 is 2.32 bits per heavy atom. The van der Waals surface area contributed by atoms with Crippen LogP contribution in [0.15, 0.2) is 18.2 Å². The van der Waals surface area contributed by atoms with Crippen LogP contribution in [0, 0.1) is 12.8 Å². The van der Waals surface area contributed by atoms with Crippen molar-refractivity contribution >= 4 is 15.9 Å². The van der Waals surface area contributed by atoms with Crippen LogP contribution in [-0.4, -0.2) is 36.0 Å². The lowest BCUT2D eigenvalue weighted by Crippen LogP contribution is -2.41. The van der Waals surface area contributed by atoms with Gasteiger partial charge in [0.25, 0.3) is 0 Å². The maximum atomic E-state index is 6.08. The van der Waals surface area contributed by atoms with Crippen LogP contribution in [0.2, 0.25) is 0 Å². The zero-order valence-corrected chi connectivity index (χ0v) is 13.2. The third-order valence-electron chi connectivity index (χ3n) is 4.24. The molecular formula is C16H22BrNO. The second-order valence-corrected chi connectivity index (χ2v) is 6.62. The van der Waals surface area contributed by atoms with Crippen LogP contribution in [0.4, 0.5) is 0 Å². The molecule has 3 rings (SSSR count). The molecule has 2 aliphatic rings. The molecule has 0 aromatic heterocycles. The molecule has 2 heterocycles.